The van der Waals surface area contributed by atoms with E-state index in [2.05, 4.69) is 0 Å². The number of rotatable bonds is 3. The van der Waals surface area contributed by atoms with Crippen molar-refractivity contribution in [3.63, 3.8) is 0 Å². The minimum atomic E-state index is -3.88. The summed E-state index contributed by atoms with van der Waals surface area (Å²) >= 11 is 0.647. The van der Waals surface area contributed by atoms with Gasteiger partial charge in [-0.2, -0.15) is 0 Å². The van der Waals surface area contributed by atoms with Crippen LogP contribution in [0.25, 0.3) is 0 Å². The molecule has 5 nitrogen and oxygen atoms in total. The molecule has 19 heavy (non-hydrogen) atoms. The lowest BCUT2D eigenvalue weighted by molar-refractivity contribution is 0.597. The van der Waals surface area contributed by atoms with E-state index in [4.69, 9.17) is 5.14 Å². The highest BCUT2D eigenvalue weighted by molar-refractivity contribution is 7.95. The first-order valence-electron chi connectivity index (χ1n) is 5.16. The summed E-state index contributed by atoms with van der Waals surface area (Å²) in [5.41, 5.74) is 0.810. The lowest BCUT2D eigenvalue weighted by Crippen LogP contribution is -2.09. The van der Waals surface area contributed by atoms with E-state index in [1.54, 1.807) is 19.1 Å². The third-order valence-corrected chi connectivity index (χ3v) is 7.17. The summed E-state index contributed by atoms with van der Waals surface area (Å²) in [7, 11) is -7.58. The van der Waals surface area contributed by atoms with Crippen molar-refractivity contribution in [3.8, 4) is 0 Å². The first kappa shape index (κ1) is 14.2. The topological polar surface area (TPSA) is 94.3 Å². The maximum absolute atomic E-state index is 12.3. The van der Waals surface area contributed by atoms with Crippen LogP contribution in [0.1, 0.15) is 5.56 Å². The Bertz CT molecular complexity index is 819. The van der Waals surface area contributed by atoms with Gasteiger partial charge in [-0.15, -0.1) is 11.3 Å². The Kier molecular flexibility index (Phi) is 3.52. The lowest BCUT2D eigenvalue weighted by atomic mass is 10.2. The third kappa shape index (κ3) is 2.86. The second kappa shape index (κ2) is 4.71. The fourth-order valence-corrected chi connectivity index (χ4v) is 5.19. The van der Waals surface area contributed by atoms with Crippen LogP contribution >= 0.6 is 11.3 Å². The number of benzene rings is 1. The van der Waals surface area contributed by atoms with Gasteiger partial charge in [0.2, 0.25) is 19.9 Å². The molecule has 8 heteroatoms. The molecule has 0 amide bonds. The molecule has 0 aliphatic heterocycles. The summed E-state index contributed by atoms with van der Waals surface area (Å²) in [6.45, 7) is 1.78. The van der Waals surface area contributed by atoms with Gasteiger partial charge >= 0.3 is 0 Å². The van der Waals surface area contributed by atoms with Crippen LogP contribution < -0.4 is 5.14 Å². The summed E-state index contributed by atoms with van der Waals surface area (Å²) in [6.07, 6.45) is 0. The largest absolute Gasteiger partial charge is 0.247 e. The summed E-state index contributed by atoms with van der Waals surface area (Å²) < 4.78 is 46.7. The third-order valence-electron chi connectivity index (χ3n) is 2.40. The fraction of sp³-hybridized carbons (Fsp3) is 0.0909. The molecule has 1 heterocycles. The molecule has 1 aromatic carbocycles. The van der Waals surface area contributed by atoms with Crippen molar-refractivity contribution in [2.75, 3.05) is 0 Å². The van der Waals surface area contributed by atoms with E-state index >= 15 is 0 Å². The number of primary sulfonamides is 1. The molecular weight excluding hydrogens is 306 g/mol. The fourth-order valence-electron chi connectivity index (χ4n) is 1.50. The summed E-state index contributed by atoms with van der Waals surface area (Å²) in [5, 5.41) is 4.96. The van der Waals surface area contributed by atoms with E-state index in [9.17, 15) is 16.8 Å². The molecule has 0 aliphatic rings. The van der Waals surface area contributed by atoms with E-state index in [0.717, 1.165) is 5.56 Å². The van der Waals surface area contributed by atoms with Crippen LogP contribution in [0.2, 0.25) is 0 Å². The smallest absolute Gasteiger partial charge is 0.224 e. The zero-order valence-corrected chi connectivity index (χ0v) is 12.3. The highest BCUT2D eigenvalue weighted by atomic mass is 32.3. The predicted molar refractivity (Wildman–Crippen MR) is 72.3 cm³/mol. The quantitative estimate of drug-likeness (QED) is 0.929. The van der Waals surface area contributed by atoms with Crippen molar-refractivity contribution in [1.82, 2.24) is 0 Å². The maximum Gasteiger partial charge on any atom is 0.247 e. The molecule has 0 atom stereocenters. The van der Waals surface area contributed by atoms with Crippen LogP contribution in [-0.4, -0.2) is 16.8 Å². The van der Waals surface area contributed by atoms with Gasteiger partial charge in [0.25, 0.3) is 0 Å². The molecule has 0 radical (unpaired) electrons. The standard InChI is InChI=1S/C11H11NO4S3/c1-8-3-2-4-9(7-8)18(13,14)10-5-6-11(17-10)19(12,15)16/h2-7H,1H3,(H2,12,15,16). The van der Waals surface area contributed by atoms with E-state index in [1.807, 2.05) is 0 Å². The van der Waals surface area contributed by atoms with Gasteiger partial charge in [-0.25, -0.2) is 22.0 Å². The van der Waals surface area contributed by atoms with E-state index in [0.29, 0.717) is 11.3 Å². The molecule has 2 N–H and O–H groups in total. The van der Waals surface area contributed by atoms with Gasteiger partial charge in [0, 0.05) is 0 Å². The Morgan fingerprint density at radius 3 is 2.16 bits per heavy atom. The summed E-state index contributed by atoms with van der Waals surface area (Å²) in [6, 6.07) is 8.87. The molecule has 102 valence electrons. The molecule has 2 aromatic rings. The first-order chi connectivity index (χ1) is 8.71. The van der Waals surface area contributed by atoms with Crippen molar-refractivity contribution >= 4 is 31.2 Å². The number of nitrogens with two attached hydrogens (primary N) is 1. The maximum atomic E-state index is 12.3. The zero-order valence-electron chi connectivity index (χ0n) is 9.90. The van der Waals surface area contributed by atoms with Gasteiger partial charge in [-0.05, 0) is 36.8 Å². The number of sulfonamides is 1. The van der Waals surface area contributed by atoms with E-state index < -0.39 is 19.9 Å². The highest BCUT2D eigenvalue weighted by Crippen LogP contribution is 2.29. The van der Waals surface area contributed by atoms with E-state index in [1.165, 1.54) is 24.3 Å². The van der Waals surface area contributed by atoms with Gasteiger partial charge < -0.3 is 0 Å². The van der Waals surface area contributed by atoms with Crippen LogP contribution in [0.4, 0.5) is 0 Å². The van der Waals surface area contributed by atoms with Crippen LogP contribution in [0.15, 0.2) is 49.7 Å². The van der Waals surface area contributed by atoms with Gasteiger partial charge in [0.1, 0.15) is 8.42 Å². The minimum absolute atomic E-state index is 0.0397. The van der Waals surface area contributed by atoms with Crippen LogP contribution in [0.3, 0.4) is 0 Å². The molecule has 0 saturated heterocycles. The molecule has 0 aliphatic carbocycles. The molecule has 0 spiro atoms. The van der Waals surface area contributed by atoms with Gasteiger partial charge in [0.05, 0.1) is 4.90 Å². The van der Waals surface area contributed by atoms with Crippen molar-refractivity contribution in [2.45, 2.75) is 20.2 Å². The Labute approximate surface area is 115 Å². The molecule has 2 rings (SSSR count). The number of hydrogen-bond donors (Lipinski definition) is 1. The van der Waals surface area contributed by atoms with Crippen molar-refractivity contribution in [1.29, 1.82) is 0 Å². The zero-order chi connectivity index (χ0) is 14.3. The average Bonchev–Trinajstić information content (AvgIpc) is 2.78. The molecule has 0 bridgehead atoms. The van der Waals surface area contributed by atoms with Crippen LogP contribution in [0, 0.1) is 6.92 Å². The van der Waals surface area contributed by atoms with Crippen LogP contribution in [-0.2, 0) is 19.9 Å². The van der Waals surface area contributed by atoms with Gasteiger partial charge in [-0.1, -0.05) is 12.1 Å². The molecule has 0 saturated carbocycles. The van der Waals surface area contributed by atoms with Crippen molar-refractivity contribution in [3.05, 3.63) is 42.0 Å². The second-order valence-corrected chi connectivity index (χ2v) is 8.99. The van der Waals surface area contributed by atoms with E-state index in [-0.39, 0.29) is 13.3 Å². The number of aryl methyl sites for hydroxylation is 1. The number of hydrogen-bond acceptors (Lipinski definition) is 5. The van der Waals surface area contributed by atoms with Gasteiger partial charge in [-0.3, -0.25) is 0 Å². The Morgan fingerprint density at radius 1 is 1.00 bits per heavy atom. The Balaban J connectivity index is 2.55. The summed E-state index contributed by atoms with van der Waals surface area (Å²) in [4.78, 5) is 0.135. The van der Waals surface area contributed by atoms with Crippen molar-refractivity contribution in [2.24, 2.45) is 5.14 Å². The minimum Gasteiger partial charge on any atom is -0.224 e. The van der Waals surface area contributed by atoms with Crippen molar-refractivity contribution < 1.29 is 16.8 Å². The van der Waals surface area contributed by atoms with Gasteiger partial charge in [0.15, 0.2) is 0 Å². The normalized spacial score (nSPS) is 12.5. The SMILES string of the molecule is Cc1cccc(S(=O)(=O)c2ccc(S(N)(=O)=O)s2)c1. The number of thiophene rings is 1. The highest BCUT2D eigenvalue weighted by Gasteiger charge is 2.22. The first-order valence-corrected chi connectivity index (χ1v) is 9.00. The molecule has 1 aromatic heterocycles. The monoisotopic (exact) mass is 317 g/mol. The lowest BCUT2D eigenvalue weighted by Gasteiger charge is -2.02. The average molecular weight is 317 g/mol. The Morgan fingerprint density at radius 2 is 1.63 bits per heavy atom. The molecular formula is C11H11NO4S3. The molecule has 0 unspecified atom stereocenters. The molecule has 0 fully saturated rings. The summed E-state index contributed by atoms with van der Waals surface area (Å²) in [5.74, 6) is 0. The number of sulfone groups is 1. The predicted octanol–water partition coefficient (Wildman–Crippen LogP) is 1.54. The van der Waals surface area contributed by atoms with Crippen LogP contribution in [0.5, 0.6) is 0 Å². The second-order valence-electron chi connectivity index (χ2n) is 3.94. The Hall–Kier alpha value is -1.22.